The molecular weight excluding hydrogens is 316 g/mol. The van der Waals surface area contributed by atoms with E-state index in [0.717, 1.165) is 31.9 Å². The molecule has 1 amide bonds. The summed E-state index contributed by atoms with van der Waals surface area (Å²) in [5.74, 6) is 1.06. The first-order valence-electron chi connectivity index (χ1n) is 9.35. The van der Waals surface area contributed by atoms with Crippen LogP contribution in [0.1, 0.15) is 51.6 Å². The third kappa shape index (κ3) is 4.63. The molecule has 25 heavy (non-hydrogen) atoms. The lowest BCUT2D eigenvalue weighted by Gasteiger charge is -2.37. The molecule has 0 radical (unpaired) electrons. The summed E-state index contributed by atoms with van der Waals surface area (Å²) in [4.78, 5) is 21.0. The Morgan fingerprint density at radius 2 is 2.00 bits per heavy atom. The monoisotopic (exact) mass is 346 g/mol. The molecule has 0 spiro atoms. The number of hydrogen-bond donors (Lipinski definition) is 1. The molecule has 6 nitrogen and oxygen atoms in total. The fourth-order valence-electron chi connectivity index (χ4n) is 3.49. The molecule has 138 valence electrons. The van der Waals surface area contributed by atoms with Crippen LogP contribution in [0, 0.1) is 0 Å². The fourth-order valence-corrected chi connectivity index (χ4v) is 3.49. The number of piperazine rings is 1. The molecule has 0 unspecified atom stereocenters. The average Bonchev–Trinajstić information content (AvgIpc) is 2.61. The zero-order valence-corrected chi connectivity index (χ0v) is 15.6. The maximum Gasteiger partial charge on any atom is 0.410 e. The summed E-state index contributed by atoms with van der Waals surface area (Å²) in [7, 11) is 0. The van der Waals surface area contributed by atoms with Gasteiger partial charge in [0.25, 0.3) is 0 Å². The Bertz CT molecular complexity index is 585. The Morgan fingerprint density at radius 1 is 1.24 bits per heavy atom. The van der Waals surface area contributed by atoms with Crippen molar-refractivity contribution in [1.82, 2.24) is 15.2 Å². The fraction of sp³-hybridized carbons (Fsp3) is 0.684. The molecule has 2 aliphatic rings. The van der Waals surface area contributed by atoms with Crippen LogP contribution in [0.5, 0.6) is 0 Å². The zero-order valence-electron chi connectivity index (χ0n) is 15.6. The second-order valence-electron chi connectivity index (χ2n) is 7.87. The number of aromatic nitrogens is 1. The highest BCUT2D eigenvalue weighted by molar-refractivity contribution is 5.68. The van der Waals surface area contributed by atoms with E-state index in [4.69, 9.17) is 4.74 Å². The summed E-state index contributed by atoms with van der Waals surface area (Å²) in [5, 5.41) is 3.62. The largest absolute Gasteiger partial charge is 0.444 e. The van der Waals surface area contributed by atoms with Gasteiger partial charge in [0.15, 0.2) is 0 Å². The average molecular weight is 346 g/mol. The normalized spacial score (nSPS) is 22.0. The summed E-state index contributed by atoms with van der Waals surface area (Å²) in [6.45, 7) is 9.69. The molecule has 1 N–H and O–H groups in total. The minimum Gasteiger partial charge on any atom is -0.444 e. The highest BCUT2D eigenvalue weighted by Crippen LogP contribution is 2.30. The number of carbonyl (C=O) groups excluding carboxylic acids is 1. The lowest BCUT2D eigenvalue weighted by Crippen LogP contribution is -2.50. The van der Waals surface area contributed by atoms with Gasteiger partial charge in [-0.25, -0.2) is 9.78 Å². The topological polar surface area (TPSA) is 57.7 Å². The molecule has 0 bridgehead atoms. The number of anilines is 1. The summed E-state index contributed by atoms with van der Waals surface area (Å²) < 4.78 is 5.48. The molecule has 6 heteroatoms. The molecule has 0 saturated carbocycles. The lowest BCUT2D eigenvalue weighted by molar-refractivity contribution is 0.0240. The molecule has 2 aliphatic heterocycles. The van der Waals surface area contributed by atoms with Crippen molar-refractivity contribution >= 4 is 11.9 Å². The Hall–Kier alpha value is -1.82. The second-order valence-corrected chi connectivity index (χ2v) is 7.87. The molecule has 1 aromatic heterocycles. The number of nitrogens with one attached hydrogen (secondary N) is 1. The number of pyridine rings is 1. The van der Waals surface area contributed by atoms with E-state index in [9.17, 15) is 4.79 Å². The number of rotatable bonds is 2. The molecule has 1 aromatic rings. The lowest BCUT2D eigenvalue weighted by atomic mass is 9.97. The number of nitrogens with zero attached hydrogens (tertiary/aromatic N) is 3. The first-order chi connectivity index (χ1) is 11.9. The van der Waals surface area contributed by atoms with Gasteiger partial charge in [-0.05, 0) is 46.2 Å². The van der Waals surface area contributed by atoms with Crippen LogP contribution in [0.25, 0.3) is 0 Å². The van der Waals surface area contributed by atoms with Gasteiger partial charge in [-0.15, -0.1) is 0 Å². The smallest absolute Gasteiger partial charge is 0.410 e. The van der Waals surface area contributed by atoms with Crippen molar-refractivity contribution in [2.24, 2.45) is 0 Å². The van der Waals surface area contributed by atoms with E-state index in [2.05, 4.69) is 21.3 Å². The van der Waals surface area contributed by atoms with Crippen LogP contribution in [0.4, 0.5) is 10.6 Å². The van der Waals surface area contributed by atoms with E-state index < -0.39 is 5.60 Å². The standard InChI is InChI=1S/C19H30N4O2/c1-19(2,3)25-18(24)23-13-11-22(12-14-23)17-15(7-6-10-21-17)16-8-4-5-9-20-16/h6-7,10,16,20H,4-5,8-9,11-14H2,1-3H3/t16-/m0/s1. The third-order valence-electron chi connectivity index (χ3n) is 4.73. The van der Waals surface area contributed by atoms with Crippen molar-refractivity contribution in [3.05, 3.63) is 23.9 Å². The number of ether oxygens (including phenoxy) is 1. The Morgan fingerprint density at radius 3 is 2.64 bits per heavy atom. The van der Waals surface area contributed by atoms with Gasteiger partial charge in [-0.2, -0.15) is 0 Å². The molecular formula is C19H30N4O2. The predicted molar refractivity (Wildman–Crippen MR) is 98.9 cm³/mol. The first kappa shape index (κ1) is 18.0. The van der Waals surface area contributed by atoms with Crippen LogP contribution in [-0.2, 0) is 4.74 Å². The Kier molecular flexibility index (Phi) is 5.47. The molecule has 0 aliphatic carbocycles. The third-order valence-corrected chi connectivity index (χ3v) is 4.73. The van der Waals surface area contributed by atoms with E-state index in [-0.39, 0.29) is 6.09 Å². The molecule has 2 saturated heterocycles. The summed E-state index contributed by atoms with van der Waals surface area (Å²) >= 11 is 0. The van der Waals surface area contributed by atoms with E-state index in [1.165, 1.54) is 18.4 Å². The van der Waals surface area contributed by atoms with Gasteiger partial charge >= 0.3 is 6.09 Å². The Balaban J connectivity index is 1.64. The van der Waals surface area contributed by atoms with Gasteiger partial charge in [-0.1, -0.05) is 12.5 Å². The van der Waals surface area contributed by atoms with E-state index in [1.807, 2.05) is 33.0 Å². The summed E-state index contributed by atoms with van der Waals surface area (Å²) in [6, 6.07) is 4.60. The van der Waals surface area contributed by atoms with Crippen LogP contribution < -0.4 is 10.2 Å². The highest BCUT2D eigenvalue weighted by atomic mass is 16.6. The van der Waals surface area contributed by atoms with Crippen LogP contribution in [0.15, 0.2) is 18.3 Å². The number of amides is 1. The van der Waals surface area contributed by atoms with Crippen molar-refractivity contribution in [3.63, 3.8) is 0 Å². The quantitative estimate of drug-likeness (QED) is 0.892. The van der Waals surface area contributed by atoms with Crippen molar-refractivity contribution in [3.8, 4) is 0 Å². The minimum absolute atomic E-state index is 0.220. The van der Waals surface area contributed by atoms with E-state index in [1.54, 1.807) is 4.90 Å². The molecule has 2 fully saturated rings. The molecule has 3 rings (SSSR count). The number of hydrogen-bond acceptors (Lipinski definition) is 5. The number of carbonyl (C=O) groups is 1. The zero-order chi connectivity index (χ0) is 17.9. The van der Waals surface area contributed by atoms with Crippen molar-refractivity contribution in [2.45, 2.75) is 51.7 Å². The van der Waals surface area contributed by atoms with E-state index in [0.29, 0.717) is 19.1 Å². The van der Waals surface area contributed by atoms with Gasteiger partial charge in [-0.3, -0.25) is 0 Å². The van der Waals surface area contributed by atoms with Gasteiger partial charge in [0, 0.05) is 44.0 Å². The highest BCUT2D eigenvalue weighted by Gasteiger charge is 2.28. The van der Waals surface area contributed by atoms with Gasteiger partial charge in [0.2, 0.25) is 0 Å². The van der Waals surface area contributed by atoms with Crippen molar-refractivity contribution in [1.29, 1.82) is 0 Å². The van der Waals surface area contributed by atoms with Crippen molar-refractivity contribution < 1.29 is 9.53 Å². The SMILES string of the molecule is CC(C)(C)OC(=O)N1CCN(c2ncccc2[C@@H]2CCCCN2)CC1. The van der Waals surface area contributed by atoms with Gasteiger partial charge in [0.05, 0.1) is 0 Å². The second kappa shape index (κ2) is 7.60. The molecule has 0 aromatic carbocycles. The Labute approximate surface area is 150 Å². The molecule has 1 atom stereocenters. The van der Waals surface area contributed by atoms with Crippen LogP contribution in [0.2, 0.25) is 0 Å². The maximum absolute atomic E-state index is 12.2. The first-order valence-corrected chi connectivity index (χ1v) is 9.35. The van der Waals surface area contributed by atoms with E-state index >= 15 is 0 Å². The van der Waals surface area contributed by atoms with Crippen LogP contribution in [-0.4, -0.2) is 54.3 Å². The van der Waals surface area contributed by atoms with Gasteiger partial charge in [0.1, 0.15) is 11.4 Å². The number of piperidine rings is 1. The summed E-state index contributed by atoms with van der Waals surface area (Å²) in [5.41, 5.74) is 0.836. The predicted octanol–water partition coefficient (Wildman–Crippen LogP) is 2.95. The molecule has 3 heterocycles. The van der Waals surface area contributed by atoms with Crippen LogP contribution >= 0.6 is 0 Å². The van der Waals surface area contributed by atoms with Crippen LogP contribution in [0.3, 0.4) is 0 Å². The van der Waals surface area contributed by atoms with Crippen molar-refractivity contribution in [2.75, 3.05) is 37.6 Å². The summed E-state index contributed by atoms with van der Waals surface area (Å²) in [6.07, 6.45) is 5.32. The maximum atomic E-state index is 12.2. The van der Waals surface area contributed by atoms with Gasteiger partial charge < -0.3 is 19.9 Å². The minimum atomic E-state index is -0.449.